The van der Waals surface area contributed by atoms with Gasteiger partial charge in [0.1, 0.15) is 11.6 Å². The van der Waals surface area contributed by atoms with E-state index in [0.29, 0.717) is 0 Å². The molecule has 0 aliphatic rings. The first-order valence-corrected chi connectivity index (χ1v) is 7.22. The van der Waals surface area contributed by atoms with Crippen LogP contribution in [0.25, 0.3) is 0 Å². The summed E-state index contributed by atoms with van der Waals surface area (Å²) in [5.74, 6) is -3.88. The third-order valence-electron chi connectivity index (χ3n) is 2.74. The minimum Gasteiger partial charge on any atom is -0.480 e. The molecule has 0 radical (unpaired) electrons. The van der Waals surface area contributed by atoms with Crippen molar-refractivity contribution in [1.82, 2.24) is 0 Å². The Hall–Kier alpha value is -1.96. The van der Waals surface area contributed by atoms with Gasteiger partial charge >= 0.3 is 5.97 Å². The molecule has 0 bridgehead atoms. The number of carbonyl (C=O) groups excluding carboxylic acids is 1. The van der Waals surface area contributed by atoms with E-state index in [4.69, 9.17) is 5.11 Å². The highest BCUT2D eigenvalue weighted by molar-refractivity contribution is 7.94. The molecule has 0 aliphatic carbocycles. The Morgan fingerprint density at radius 1 is 1.25 bits per heavy atom. The van der Waals surface area contributed by atoms with E-state index in [0.717, 1.165) is 26.0 Å². The van der Waals surface area contributed by atoms with Crippen molar-refractivity contribution in [3.63, 3.8) is 0 Å². The van der Waals surface area contributed by atoms with E-state index in [1.54, 1.807) is 0 Å². The van der Waals surface area contributed by atoms with Crippen LogP contribution in [0.5, 0.6) is 0 Å². The van der Waals surface area contributed by atoms with Gasteiger partial charge in [0.2, 0.25) is 5.91 Å². The van der Waals surface area contributed by atoms with E-state index < -0.39 is 38.0 Å². The molecule has 0 heterocycles. The number of benzene rings is 1. The summed E-state index contributed by atoms with van der Waals surface area (Å²) in [6.45, 7) is 2.02. The minimum atomic E-state index is -4.17. The fourth-order valence-corrected chi connectivity index (χ4v) is 2.26. The second kappa shape index (κ2) is 5.58. The predicted octanol–water partition coefficient (Wildman–Crippen LogP) is 1.04. The zero-order chi connectivity index (χ0) is 15.6. The number of nitrogens with one attached hydrogen (secondary N) is 1. The summed E-state index contributed by atoms with van der Waals surface area (Å²) in [6, 6.07) is 4.74. The van der Waals surface area contributed by atoms with Gasteiger partial charge in [-0.1, -0.05) is 0 Å². The maximum Gasteiger partial charge on any atom is 0.324 e. The summed E-state index contributed by atoms with van der Waals surface area (Å²) in [4.78, 5) is 22.5. The fourth-order valence-electron chi connectivity index (χ4n) is 1.22. The monoisotopic (exact) mass is 303 g/mol. The number of aliphatic carboxylic acids is 1. The molecule has 0 saturated carbocycles. The van der Waals surface area contributed by atoms with Gasteiger partial charge < -0.3 is 10.4 Å². The number of carboxylic acids is 1. The number of anilines is 1. The number of rotatable bonds is 5. The van der Waals surface area contributed by atoms with Crippen LogP contribution in [0.15, 0.2) is 24.3 Å². The minimum absolute atomic E-state index is 0.222. The van der Waals surface area contributed by atoms with Crippen LogP contribution in [0.2, 0.25) is 0 Å². The molecule has 1 rings (SSSR count). The number of carbonyl (C=O) groups is 2. The van der Waals surface area contributed by atoms with E-state index in [2.05, 4.69) is 5.32 Å². The maximum atomic E-state index is 12.7. The Morgan fingerprint density at radius 2 is 1.75 bits per heavy atom. The van der Waals surface area contributed by atoms with Gasteiger partial charge in [-0.2, -0.15) is 0 Å². The summed E-state index contributed by atoms with van der Waals surface area (Å²) in [6.07, 6.45) is 0. The Kier molecular flexibility index (Phi) is 4.49. The van der Waals surface area contributed by atoms with Crippen molar-refractivity contribution in [2.75, 3.05) is 11.1 Å². The molecule has 2 N–H and O–H groups in total. The van der Waals surface area contributed by atoms with Crippen LogP contribution in [0, 0.1) is 5.82 Å². The summed E-state index contributed by atoms with van der Waals surface area (Å²) < 4.78 is 34.3. The third kappa shape index (κ3) is 3.53. The Labute approximate surface area is 115 Å². The Balaban J connectivity index is 2.81. The molecule has 1 aromatic rings. The van der Waals surface area contributed by atoms with E-state index in [-0.39, 0.29) is 5.69 Å². The van der Waals surface area contributed by atoms with Crippen LogP contribution in [0.4, 0.5) is 10.1 Å². The molecule has 1 aromatic carbocycles. The molecule has 0 aromatic heterocycles. The van der Waals surface area contributed by atoms with Gasteiger partial charge in [-0.05, 0) is 38.1 Å². The summed E-state index contributed by atoms with van der Waals surface area (Å²) >= 11 is 0. The lowest BCUT2D eigenvalue weighted by Gasteiger charge is -2.19. The van der Waals surface area contributed by atoms with E-state index in [1.807, 2.05) is 0 Å². The second-order valence-corrected chi connectivity index (χ2v) is 7.17. The quantitative estimate of drug-likeness (QED) is 0.846. The summed E-state index contributed by atoms with van der Waals surface area (Å²) in [5, 5.41) is 11.1. The largest absolute Gasteiger partial charge is 0.480 e. The van der Waals surface area contributed by atoms with Gasteiger partial charge in [-0.25, -0.2) is 12.8 Å². The molecule has 0 aliphatic heterocycles. The van der Waals surface area contributed by atoms with Gasteiger partial charge in [0.05, 0.1) is 0 Å². The third-order valence-corrected chi connectivity index (χ3v) is 5.11. The van der Waals surface area contributed by atoms with Crippen molar-refractivity contribution >= 4 is 27.4 Å². The fraction of sp³-hybridized carbons (Fsp3) is 0.333. The topological polar surface area (TPSA) is 101 Å². The van der Waals surface area contributed by atoms with Crippen molar-refractivity contribution in [1.29, 1.82) is 0 Å². The molecule has 0 atom stereocenters. The highest BCUT2D eigenvalue weighted by Gasteiger charge is 2.42. The van der Waals surface area contributed by atoms with Gasteiger partial charge in [0, 0.05) is 5.69 Å². The van der Waals surface area contributed by atoms with E-state index >= 15 is 0 Å². The number of amides is 1. The van der Waals surface area contributed by atoms with E-state index in [9.17, 15) is 22.4 Å². The highest BCUT2D eigenvalue weighted by Crippen LogP contribution is 2.18. The van der Waals surface area contributed by atoms with Gasteiger partial charge in [-0.15, -0.1) is 0 Å². The van der Waals surface area contributed by atoms with E-state index in [1.165, 1.54) is 12.1 Å². The van der Waals surface area contributed by atoms with Crippen molar-refractivity contribution in [3.05, 3.63) is 30.1 Å². The molecular formula is C12H14FNO5S. The number of sulfone groups is 1. The first kappa shape index (κ1) is 16.1. The SMILES string of the molecule is CC(C)(C(=O)O)S(=O)(=O)CC(=O)Nc1ccc(F)cc1. The smallest absolute Gasteiger partial charge is 0.324 e. The molecule has 20 heavy (non-hydrogen) atoms. The molecule has 0 fully saturated rings. The van der Waals surface area contributed by atoms with Crippen molar-refractivity contribution in [3.8, 4) is 0 Å². The number of hydrogen-bond donors (Lipinski definition) is 2. The predicted molar refractivity (Wildman–Crippen MR) is 70.5 cm³/mol. The molecule has 0 unspecified atom stereocenters. The van der Waals surface area contributed by atoms with Crippen molar-refractivity contribution in [2.45, 2.75) is 18.6 Å². The number of carboxylic acid groups (broad SMARTS) is 1. The zero-order valence-electron chi connectivity index (χ0n) is 10.9. The van der Waals surface area contributed by atoms with Crippen LogP contribution in [0.1, 0.15) is 13.8 Å². The Bertz CT molecular complexity index is 622. The van der Waals surface area contributed by atoms with Crippen LogP contribution in [0.3, 0.4) is 0 Å². The van der Waals surface area contributed by atoms with Gasteiger partial charge in [0.15, 0.2) is 14.6 Å². The molecule has 8 heteroatoms. The van der Waals surface area contributed by atoms with Crippen LogP contribution in [-0.2, 0) is 19.4 Å². The first-order chi connectivity index (χ1) is 9.06. The lowest BCUT2D eigenvalue weighted by molar-refractivity contribution is -0.139. The summed E-state index contributed by atoms with van der Waals surface area (Å²) in [7, 11) is -4.17. The average Bonchev–Trinajstić information content (AvgIpc) is 2.31. The van der Waals surface area contributed by atoms with Crippen molar-refractivity contribution < 1.29 is 27.5 Å². The number of hydrogen-bond acceptors (Lipinski definition) is 4. The average molecular weight is 303 g/mol. The maximum absolute atomic E-state index is 12.7. The standard InChI is InChI=1S/C12H14FNO5S/c1-12(2,11(16)17)20(18,19)7-10(15)14-9-5-3-8(13)4-6-9/h3-6H,7H2,1-2H3,(H,14,15)(H,16,17). The number of halogens is 1. The second-order valence-electron chi connectivity index (χ2n) is 4.63. The lowest BCUT2D eigenvalue weighted by atomic mass is 10.2. The first-order valence-electron chi connectivity index (χ1n) is 5.57. The van der Waals surface area contributed by atoms with Crippen molar-refractivity contribution in [2.24, 2.45) is 0 Å². The molecule has 0 saturated heterocycles. The summed E-state index contributed by atoms with van der Waals surface area (Å²) in [5.41, 5.74) is 0.222. The normalized spacial score (nSPS) is 11.9. The molecule has 0 spiro atoms. The zero-order valence-corrected chi connectivity index (χ0v) is 11.7. The van der Waals surface area contributed by atoms with Gasteiger partial charge in [0.25, 0.3) is 0 Å². The van der Waals surface area contributed by atoms with Crippen LogP contribution < -0.4 is 5.32 Å². The molecule has 6 nitrogen and oxygen atoms in total. The van der Waals surface area contributed by atoms with Gasteiger partial charge in [-0.3, -0.25) is 9.59 Å². The molecular weight excluding hydrogens is 289 g/mol. The molecule has 110 valence electrons. The molecule has 1 amide bonds. The highest BCUT2D eigenvalue weighted by atomic mass is 32.2. The lowest BCUT2D eigenvalue weighted by Crippen LogP contribution is -2.44. The van der Waals surface area contributed by atoms with Crippen LogP contribution >= 0.6 is 0 Å². The van der Waals surface area contributed by atoms with Crippen LogP contribution in [-0.4, -0.2) is 35.9 Å². The Morgan fingerprint density at radius 3 is 2.20 bits per heavy atom.